The fourth-order valence-corrected chi connectivity index (χ4v) is 12.3. The van der Waals surface area contributed by atoms with Gasteiger partial charge in [-0.15, -0.1) is 0 Å². The Morgan fingerprint density at radius 2 is 1.71 bits per heavy atom. The van der Waals surface area contributed by atoms with Crippen LogP contribution < -0.4 is 0 Å². The molecule has 4 aliphatic carbocycles. The van der Waals surface area contributed by atoms with Crippen LogP contribution in [-0.4, -0.2) is 100 Å². The highest BCUT2D eigenvalue weighted by Gasteiger charge is 2.73. The average Bonchev–Trinajstić information content (AvgIpc) is 3.04. The van der Waals surface area contributed by atoms with E-state index in [1.807, 2.05) is 6.92 Å². The zero-order valence-electron chi connectivity index (χ0n) is 30.5. The topological polar surface area (TPSA) is 172 Å². The Hall–Kier alpha value is -1.44. The van der Waals surface area contributed by atoms with Gasteiger partial charge in [0.15, 0.2) is 12.6 Å². The van der Waals surface area contributed by atoms with Gasteiger partial charge in [0.05, 0.1) is 13.2 Å². The highest BCUT2D eigenvalue weighted by molar-refractivity contribution is 5.66. The van der Waals surface area contributed by atoms with Gasteiger partial charge in [-0.25, -0.2) is 0 Å². The van der Waals surface area contributed by atoms with Crippen LogP contribution in [0, 0.1) is 56.7 Å². The molecule has 5 N–H and O–H groups in total. The smallest absolute Gasteiger partial charge is 0.302 e. The number of carbonyl (C=O) groups excluding carboxylic acids is 2. The van der Waals surface area contributed by atoms with Gasteiger partial charge in [-0.05, 0) is 72.0 Å². The molecule has 2 bridgehead atoms. The fourth-order valence-electron chi connectivity index (χ4n) is 12.3. The van der Waals surface area contributed by atoms with Crippen LogP contribution in [0.25, 0.3) is 0 Å². The Kier molecular flexibility index (Phi) is 9.60. The first-order valence-electron chi connectivity index (χ1n) is 18.5. The van der Waals surface area contributed by atoms with Crippen molar-refractivity contribution in [3.63, 3.8) is 0 Å². The normalized spacial score (nSPS) is 53.0. The lowest BCUT2D eigenvalue weighted by molar-refractivity contribution is -0.369. The minimum absolute atomic E-state index is 0.0744. The zero-order chi connectivity index (χ0) is 36.1. The Bertz CT molecular complexity index is 1320. The summed E-state index contributed by atoms with van der Waals surface area (Å²) in [5.41, 5.74) is -1.27. The molecule has 0 radical (unpaired) electrons. The Labute approximate surface area is 290 Å². The van der Waals surface area contributed by atoms with Gasteiger partial charge in [0.2, 0.25) is 0 Å². The number of ether oxygens (including phenoxy) is 4. The predicted octanol–water partition coefficient (Wildman–Crippen LogP) is 3.12. The average molecular weight is 693 g/mol. The van der Waals surface area contributed by atoms with Crippen LogP contribution in [0.5, 0.6) is 0 Å². The molecule has 6 rings (SSSR count). The lowest BCUT2D eigenvalue weighted by atomic mass is 9.34. The highest BCUT2D eigenvalue weighted by atomic mass is 16.7. The van der Waals surface area contributed by atoms with Gasteiger partial charge in [0.25, 0.3) is 0 Å². The van der Waals surface area contributed by atoms with Gasteiger partial charge in [0, 0.05) is 30.1 Å². The van der Waals surface area contributed by atoms with Gasteiger partial charge in [0.1, 0.15) is 42.9 Å². The summed E-state index contributed by atoms with van der Waals surface area (Å²) in [6, 6.07) is 0. The quantitative estimate of drug-likeness (QED) is 0.115. The van der Waals surface area contributed by atoms with Crippen LogP contribution >= 0.6 is 0 Å². The molecular weight excluding hydrogens is 632 g/mol. The van der Waals surface area contributed by atoms with E-state index in [4.69, 9.17) is 18.9 Å². The van der Waals surface area contributed by atoms with Gasteiger partial charge >= 0.3 is 5.97 Å². The number of hydrogen-bond donors (Lipinski definition) is 5. The van der Waals surface area contributed by atoms with Crippen LogP contribution in [0.15, 0.2) is 11.6 Å². The molecule has 2 unspecified atom stereocenters. The van der Waals surface area contributed by atoms with E-state index in [-0.39, 0.29) is 47.0 Å². The molecule has 2 heterocycles. The summed E-state index contributed by atoms with van der Waals surface area (Å²) in [4.78, 5) is 25.9. The zero-order valence-corrected chi connectivity index (χ0v) is 30.5. The number of allylic oxidation sites excluding steroid dienone is 1. The summed E-state index contributed by atoms with van der Waals surface area (Å²) in [5, 5.41) is 53.6. The molecule has 278 valence electrons. The fraction of sp³-hybridized carbons (Fsp3) is 0.895. The lowest BCUT2D eigenvalue weighted by Crippen LogP contribution is -2.73. The summed E-state index contributed by atoms with van der Waals surface area (Å²) in [6.07, 6.45) is -2.40. The molecule has 11 nitrogen and oxygen atoms in total. The summed E-state index contributed by atoms with van der Waals surface area (Å²) < 4.78 is 24.5. The molecule has 0 spiro atoms. The molecular formula is C38H60O11. The van der Waals surface area contributed by atoms with E-state index in [0.717, 1.165) is 31.3 Å². The number of hydrogen-bond acceptors (Lipinski definition) is 11. The molecule has 2 aliphatic heterocycles. The van der Waals surface area contributed by atoms with Crippen molar-refractivity contribution in [2.75, 3.05) is 13.2 Å². The standard InChI is InChI=1S/C38H60O11/c1-19(2)20(3)34(5)13-14-36(7)22-9-10-26-35(6)18-46-33(45)38(26,23(22)11-12-37(36,8)27(34)17-40)15-24(47-21(4)41)31(35)49-32-30(44)29(43)28(42)25(16-39)48-32/h11,17,19-20,22,24-33,39,42-45H,9-10,12-16,18H2,1-8H3/t20-,22+,24-,25-,26+,27?,28-,29+,30-,31+,32+,33?,34-,35-,36-,37+,38+/m1/s1. The van der Waals surface area contributed by atoms with Crippen molar-refractivity contribution >= 4 is 12.3 Å². The van der Waals surface area contributed by atoms with Crippen molar-refractivity contribution in [1.29, 1.82) is 0 Å². The molecule has 0 aromatic heterocycles. The van der Waals surface area contributed by atoms with E-state index < -0.39 is 72.6 Å². The molecule has 0 amide bonds. The molecule has 5 fully saturated rings. The third kappa shape index (κ3) is 5.11. The maximum atomic E-state index is 13.2. The Balaban J connectivity index is 1.41. The summed E-state index contributed by atoms with van der Waals surface area (Å²) >= 11 is 0. The van der Waals surface area contributed by atoms with E-state index >= 15 is 0 Å². The van der Waals surface area contributed by atoms with E-state index in [0.29, 0.717) is 18.3 Å². The maximum absolute atomic E-state index is 13.2. The second-order valence-corrected chi connectivity index (χ2v) is 17.8. The van der Waals surface area contributed by atoms with E-state index in [9.17, 15) is 35.1 Å². The Morgan fingerprint density at radius 1 is 1.02 bits per heavy atom. The van der Waals surface area contributed by atoms with Crippen molar-refractivity contribution < 1.29 is 54.1 Å². The number of carbonyl (C=O) groups is 2. The second kappa shape index (κ2) is 12.6. The third-order valence-electron chi connectivity index (χ3n) is 15.6. The molecule has 0 aromatic carbocycles. The van der Waals surface area contributed by atoms with Crippen LogP contribution in [0.2, 0.25) is 0 Å². The number of aliphatic hydroxyl groups excluding tert-OH is 5. The molecule has 0 aromatic rings. The van der Waals surface area contributed by atoms with Crippen LogP contribution in [0.3, 0.4) is 0 Å². The number of fused-ring (bicyclic) bond motifs is 3. The number of aliphatic hydroxyl groups is 5. The van der Waals surface area contributed by atoms with Gasteiger partial charge < -0.3 is 49.3 Å². The van der Waals surface area contributed by atoms with E-state index in [2.05, 4.69) is 47.6 Å². The Morgan fingerprint density at radius 3 is 2.33 bits per heavy atom. The lowest BCUT2D eigenvalue weighted by Gasteiger charge is -2.71. The van der Waals surface area contributed by atoms with Gasteiger partial charge in [-0.1, -0.05) is 60.1 Å². The SMILES string of the molecule is CC(=O)O[C@@H]1C[C@]23C4=CC[C@@]5(C)C(C=O)[C@@](C)([C@H](C)C(C)C)CC[C@]5(C)[C@H]4CC[C@H]2[C@@](C)(COC3O)[C@H]1O[C@@H]1O[C@H](CO)[C@@H](O)[C@H](O)[C@H]1O. The molecule has 6 aliphatic rings. The second-order valence-electron chi connectivity index (χ2n) is 17.8. The van der Waals surface area contributed by atoms with E-state index in [1.165, 1.54) is 13.2 Å². The first-order valence-corrected chi connectivity index (χ1v) is 18.5. The molecule has 3 saturated carbocycles. The van der Waals surface area contributed by atoms with Crippen molar-refractivity contribution in [2.45, 2.75) is 143 Å². The highest BCUT2D eigenvalue weighted by Crippen LogP contribution is 2.75. The summed E-state index contributed by atoms with van der Waals surface area (Å²) in [7, 11) is 0. The van der Waals surface area contributed by atoms with Crippen LogP contribution in [0.4, 0.5) is 0 Å². The van der Waals surface area contributed by atoms with Gasteiger partial charge in [-0.3, -0.25) is 4.79 Å². The third-order valence-corrected chi connectivity index (χ3v) is 15.6. The summed E-state index contributed by atoms with van der Waals surface area (Å²) in [5.74, 6) is 0.0571. The van der Waals surface area contributed by atoms with Gasteiger partial charge in [-0.2, -0.15) is 0 Å². The van der Waals surface area contributed by atoms with E-state index in [1.54, 1.807) is 0 Å². The monoisotopic (exact) mass is 692 g/mol. The molecule has 11 heteroatoms. The van der Waals surface area contributed by atoms with Crippen molar-refractivity contribution in [3.8, 4) is 0 Å². The molecule has 49 heavy (non-hydrogen) atoms. The predicted molar refractivity (Wildman–Crippen MR) is 177 cm³/mol. The molecule has 2 saturated heterocycles. The summed E-state index contributed by atoms with van der Waals surface area (Å²) in [6.45, 7) is 16.5. The van der Waals surface area contributed by atoms with Crippen LogP contribution in [-0.2, 0) is 28.5 Å². The number of rotatable bonds is 7. The first kappa shape index (κ1) is 37.3. The minimum atomic E-state index is -1.63. The van der Waals surface area contributed by atoms with Crippen LogP contribution in [0.1, 0.15) is 93.9 Å². The first-order chi connectivity index (χ1) is 22.9. The molecule has 17 atom stereocenters. The van der Waals surface area contributed by atoms with Crippen molar-refractivity contribution in [2.24, 2.45) is 56.7 Å². The maximum Gasteiger partial charge on any atom is 0.302 e. The van der Waals surface area contributed by atoms with Crippen molar-refractivity contribution in [1.82, 2.24) is 0 Å². The largest absolute Gasteiger partial charge is 0.460 e. The number of aldehydes is 1. The minimum Gasteiger partial charge on any atom is -0.460 e. The number of esters is 1. The van der Waals surface area contributed by atoms with Crippen molar-refractivity contribution in [3.05, 3.63) is 11.6 Å².